The Balaban J connectivity index is 2.83. The molecule has 0 radical (unpaired) electrons. The fourth-order valence-corrected chi connectivity index (χ4v) is 1.71. The second-order valence-corrected chi connectivity index (χ2v) is 3.76. The van der Waals surface area contributed by atoms with Gasteiger partial charge < -0.3 is 14.7 Å². The lowest BCUT2D eigenvalue weighted by molar-refractivity contribution is 0.154. The molecule has 17 heavy (non-hydrogen) atoms. The Labute approximate surface area is 106 Å². The van der Waals surface area contributed by atoms with E-state index in [0.29, 0.717) is 36.3 Å². The summed E-state index contributed by atoms with van der Waals surface area (Å²) >= 11 is 5.92. The SMILES string of the molecule is CCOCCN(CC)c1ncnc(Cl)c1CO. The Morgan fingerprint density at radius 2 is 2.18 bits per heavy atom. The molecule has 0 saturated carbocycles. The second kappa shape index (κ2) is 7.42. The fraction of sp³-hybridized carbons (Fsp3) is 0.636. The van der Waals surface area contributed by atoms with Crippen molar-refractivity contribution in [3.05, 3.63) is 17.0 Å². The van der Waals surface area contributed by atoms with Crippen molar-refractivity contribution in [2.24, 2.45) is 0 Å². The number of aromatic nitrogens is 2. The molecule has 0 spiro atoms. The predicted octanol–water partition coefficient (Wildman–Crippen LogP) is 1.49. The summed E-state index contributed by atoms with van der Waals surface area (Å²) in [6, 6.07) is 0. The van der Waals surface area contributed by atoms with E-state index in [9.17, 15) is 5.11 Å². The van der Waals surface area contributed by atoms with Crippen LogP contribution in [0.1, 0.15) is 19.4 Å². The Morgan fingerprint density at radius 3 is 2.76 bits per heavy atom. The van der Waals surface area contributed by atoms with E-state index >= 15 is 0 Å². The summed E-state index contributed by atoms with van der Waals surface area (Å²) in [5.41, 5.74) is 0.563. The first-order chi connectivity index (χ1) is 8.24. The summed E-state index contributed by atoms with van der Waals surface area (Å²) in [7, 11) is 0. The van der Waals surface area contributed by atoms with Gasteiger partial charge in [-0.05, 0) is 13.8 Å². The number of hydrogen-bond donors (Lipinski definition) is 1. The molecular weight excluding hydrogens is 242 g/mol. The van der Waals surface area contributed by atoms with Gasteiger partial charge in [-0.3, -0.25) is 0 Å². The van der Waals surface area contributed by atoms with Crippen LogP contribution < -0.4 is 4.90 Å². The van der Waals surface area contributed by atoms with Crippen molar-refractivity contribution in [3.63, 3.8) is 0 Å². The topological polar surface area (TPSA) is 58.5 Å². The van der Waals surface area contributed by atoms with E-state index in [4.69, 9.17) is 16.3 Å². The molecule has 0 saturated heterocycles. The predicted molar refractivity (Wildman–Crippen MR) is 67.3 cm³/mol. The lowest BCUT2D eigenvalue weighted by Gasteiger charge is -2.23. The van der Waals surface area contributed by atoms with E-state index in [0.717, 1.165) is 6.54 Å². The van der Waals surface area contributed by atoms with Crippen LogP contribution in [0.15, 0.2) is 6.33 Å². The maximum atomic E-state index is 9.29. The van der Waals surface area contributed by atoms with Crippen molar-refractivity contribution in [2.75, 3.05) is 31.2 Å². The van der Waals surface area contributed by atoms with Crippen molar-refractivity contribution in [3.8, 4) is 0 Å². The van der Waals surface area contributed by atoms with E-state index in [1.807, 2.05) is 18.7 Å². The minimum atomic E-state index is -0.167. The van der Waals surface area contributed by atoms with Crippen molar-refractivity contribution in [1.29, 1.82) is 0 Å². The van der Waals surface area contributed by atoms with Gasteiger partial charge in [0.15, 0.2) is 0 Å². The summed E-state index contributed by atoms with van der Waals surface area (Å²) in [4.78, 5) is 10.0. The minimum Gasteiger partial charge on any atom is -0.391 e. The smallest absolute Gasteiger partial charge is 0.140 e. The van der Waals surface area contributed by atoms with Gasteiger partial charge in [-0.2, -0.15) is 0 Å². The summed E-state index contributed by atoms with van der Waals surface area (Å²) in [5.74, 6) is 0.676. The molecule has 0 bridgehead atoms. The van der Waals surface area contributed by atoms with Crippen LogP contribution in [0.25, 0.3) is 0 Å². The Kier molecular flexibility index (Phi) is 6.18. The quantitative estimate of drug-likeness (QED) is 0.594. The summed E-state index contributed by atoms with van der Waals surface area (Å²) in [5, 5.41) is 9.59. The first-order valence-corrected chi connectivity index (χ1v) is 6.05. The Hall–Kier alpha value is -0.910. The molecule has 1 aromatic heterocycles. The highest BCUT2D eigenvalue weighted by molar-refractivity contribution is 6.30. The van der Waals surface area contributed by atoms with E-state index in [1.165, 1.54) is 6.33 Å². The standard InChI is InChI=1S/C11H18ClN3O2/c1-3-15(5-6-17-4-2)11-9(7-16)10(12)13-8-14-11/h8,16H,3-7H2,1-2H3. The number of rotatable bonds is 7. The monoisotopic (exact) mass is 259 g/mol. The van der Waals surface area contributed by atoms with Crippen LogP contribution in [0.2, 0.25) is 5.15 Å². The first-order valence-electron chi connectivity index (χ1n) is 5.67. The van der Waals surface area contributed by atoms with Gasteiger partial charge in [0, 0.05) is 19.7 Å². The van der Waals surface area contributed by atoms with Gasteiger partial charge in [0.25, 0.3) is 0 Å². The molecule has 0 aromatic carbocycles. The van der Waals surface area contributed by atoms with Crippen LogP contribution in [-0.4, -0.2) is 41.4 Å². The number of hydrogen-bond acceptors (Lipinski definition) is 5. The number of anilines is 1. The zero-order valence-electron chi connectivity index (χ0n) is 10.2. The molecule has 6 heteroatoms. The molecule has 0 unspecified atom stereocenters. The maximum absolute atomic E-state index is 9.29. The molecule has 96 valence electrons. The summed E-state index contributed by atoms with van der Waals surface area (Å²) < 4.78 is 5.31. The molecule has 0 atom stereocenters. The number of aliphatic hydroxyl groups is 1. The van der Waals surface area contributed by atoms with E-state index in [2.05, 4.69) is 9.97 Å². The third kappa shape index (κ3) is 3.80. The highest BCUT2D eigenvalue weighted by Gasteiger charge is 2.14. The molecule has 0 aliphatic carbocycles. The molecule has 0 aliphatic heterocycles. The maximum Gasteiger partial charge on any atom is 0.140 e. The minimum absolute atomic E-state index is 0.167. The van der Waals surface area contributed by atoms with Gasteiger partial charge in [0.05, 0.1) is 18.8 Å². The van der Waals surface area contributed by atoms with E-state index < -0.39 is 0 Å². The number of ether oxygens (including phenoxy) is 1. The molecule has 0 fully saturated rings. The molecule has 0 aliphatic rings. The highest BCUT2D eigenvalue weighted by atomic mass is 35.5. The van der Waals surface area contributed by atoms with E-state index in [-0.39, 0.29) is 6.61 Å². The van der Waals surface area contributed by atoms with Gasteiger partial charge in [0.2, 0.25) is 0 Å². The largest absolute Gasteiger partial charge is 0.391 e. The highest BCUT2D eigenvalue weighted by Crippen LogP contribution is 2.22. The average Bonchev–Trinajstić information content (AvgIpc) is 2.34. The molecule has 1 aromatic rings. The van der Waals surface area contributed by atoms with Gasteiger partial charge >= 0.3 is 0 Å². The third-order valence-electron chi connectivity index (χ3n) is 2.42. The first kappa shape index (κ1) is 14.2. The second-order valence-electron chi connectivity index (χ2n) is 3.40. The van der Waals surface area contributed by atoms with Crippen LogP contribution in [-0.2, 0) is 11.3 Å². The van der Waals surface area contributed by atoms with Crippen molar-refractivity contribution >= 4 is 17.4 Å². The van der Waals surface area contributed by atoms with Crippen LogP contribution in [0.3, 0.4) is 0 Å². The fourth-order valence-electron chi connectivity index (χ4n) is 1.52. The van der Waals surface area contributed by atoms with Gasteiger partial charge in [-0.1, -0.05) is 11.6 Å². The Morgan fingerprint density at radius 1 is 1.41 bits per heavy atom. The molecule has 1 rings (SSSR count). The van der Waals surface area contributed by atoms with Crippen LogP contribution >= 0.6 is 11.6 Å². The zero-order chi connectivity index (χ0) is 12.7. The van der Waals surface area contributed by atoms with Crippen LogP contribution in [0.5, 0.6) is 0 Å². The number of nitrogens with zero attached hydrogens (tertiary/aromatic N) is 3. The van der Waals surface area contributed by atoms with E-state index in [1.54, 1.807) is 0 Å². The van der Waals surface area contributed by atoms with Crippen molar-refractivity contribution in [2.45, 2.75) is 20.5 Å². The average molecular weight is 260 g/mol. The van der Waals surface area contributed by atoms with Gasteiger partial charge in [0.1, 0.15) is 17.3 Å². The van der Waals surface area contributed by atoms with Crippen LogP contribution in [0.4, 0.5) is 5.82 Å². The van der Waals surface area contributed by atoms with Gasteiger partial charge in [-0.25, -0.2) is 9.97 Å². The lowest BCUT2D eigenvalue weighted by atomic mass is 10.3. The molecule has 0 amide bonds. The number of likely N-dealkylation sites (N-methyl/N-ethyl adjacent to an activating group) is 1. The molecule has 5 nitrogen and oxygen atoms in total. The molecule has 1 N–H and O–H groups in total. The van der Waals surface area contributed by atoms with Gasteiger partial charge in [-0.15, -0.1) is 0 Å². The summed E-state index contributed by atoms with van der Waals surface area (Å²) in [6.07, 6.45) is 1.40. The van der Waals surface area contributed by atoms with Crippen molar-refractivity contribution in [1.82, 2.24) is 9.97 Å². The Bertz CT molecular complexity index is 349. The lowest BCUT2D eigenvalue weighted by Crippen LogP contribution is -2.29. The van der Waals surface area contributed by atoms with Crippen LogP contribution in [0, 0.1) is 0 Å². The normalized spacial score (nSPS) is 10.6. The number of halogens is 1. The summed E-state index contributed by atoms with van der Waals surface area (Å²) in [6.45, 7) is 6.60. The third-order valence-corrected chi connectivity index (χ3v) is 2.74. The molecular formula is C11H18ClN3O2. The van der Waals surface area contributed by atoms with Crippen molar-refractivity contribution < 1.29 is 9.84 Å². The zero-order valence-corrected chi connectivity index (χ0v) is 10.9. The molecule has 1 heterocycles. The number of aliphatic hydroxyl groups excluding tert-OH is 1.